The highest BCUT2D eigenvalue weighted by Crippen LogP contribution is 2.23. The smallest absolute Gasteiger partial charge is 0.241 e. The van der Waals surface area contributed by atoms with E-state index in [1.54, 1.807) is 0 Å². The Morgan fingerprint density at radius 2 is 1.85 bits per heavy atom. The number of carbonyl (C=O) groups is 1. The molecule has 26 heavy (non-hydrogen) atoms. The van der Waals surface area contributed by atoms with Crippen molar-refractivity contribution in [1.82, 2.24) is 4.90 Å². The Morgan fingerprint density at radius 1 is 1.12 bits per heavy atom. The average Bonchev–Trinajstić information content (AvgIpc) is 2.63. The quantitative estimate of drug-likeness (QED) is 0.678. The first kappa shape index (κ1) is 18.4. The highest BCUT2D eigenvalue weighted by molar-refractivity contribution is 6.33. The first-order valence-corrected chi connectivity index (χ1v) is 8.75. The van der Waals surface area contributed by atoms with Crippen molar-refractivity contribution in [3.8, 4) is 0 Å². The van der Waals surface area contributed by atoms with Crippen molar-refractivity contribution < 1.29 is 9.18 Å². The topological polar surface area (TPSA) is 32.3 Å². The zero-order valence-electron chi connectivity index (χ0n) is 14.7. The monoisotopic (exact) mass is 370 g/mol. The van der Waals surface area contributed by atoms with Crippen LogP contribution in [0.1, 0.15) is 12.5 Å². The highest BCUT2D eigenvalue weighted by Gasteiger charge is 2.19. The summed E-state index contributed by atoms with van der Waals surface area (Å²) in [6.45, 7) is 2.46. The van der Waals surface area contributed by atoms with Crippen molar-refractivity contribution in [3.63, 3.8) is 0 Å². The molecule has 3 aromatic carbocycles. The maximum Gasteiger partial charge on any atom is 0.241 e. The van der Waals surface area contributed by atoms with E-state index in [0.717, 1.165) is 5.56 Å². The Balaban J connectivity index is 1.67. The molecule has 3 nitrogen and oxygen atoms in total. The van der Waals surface area contributed by atoms with Crippen LogP contribution in [0.5, 0.6) is 0 Å². The minimum atomic E-state index is -0.436. The number of nitrogens with zero attached hydrogens (tertiary/aromatic N) is 1. The number of anilines is 1. The zero-order valence-corrected chi connectivity index (χ0v) is 15.4. The third-order valence-corrected chi connectivity index (χ3v) is 4.79. The van der Waals surface area contributed by atoms with Gasteiger partial charge in [0.25, 0.3) is 0 Å². The van der Waals surface area contributed by atoms with Crippen molar-refractivity contribution in [1.29, 1.82) is 0 Å². The summed E-state index contributed by atoms with van der Waals surface area (Å²) in [7, 11) is 1.89. The predicted octanol–water partition coefficient (Wildman–Crippen LogP) is 5.09. The maximum atomic E-state index is 13.1. The Labute approximate surface area is 157 Å². The van der Waals surface area contributed by atoms with E-state index in [9.17, 15) is 9.18 Å². The van der Waals surface area contributed by atoms with Gasteiger partial charge in [-0.15, -0.1) is 0 Å². The number of carbonyl (C=O) groups excluding carboxylic acids is 1. The van der Waals surface area contributed by atoms with Crippen LogP contribution in [0.3, 0.4) is 0 Å². The molecule has 0 saturated carbocycles. The molecule has 0 aliphatic heterocycles. The molecule has 0 aromatic heterocycles. The van der Waals surface area contributed by atoms with E-state index in [4.69, 9.17) is 11.6 Å². The highest BCUT2D eigenvalue weighted by atomic mass is 35.5. The second-order valence-corrected chi connectivity index (χ2v) is 6.79. The number of nitrogens with one attached hydrogen (secondary N) is 1. The van der Waals surface area contributed by atoms with Gasteiger partial charge in [-0.05, 0) is 54.6 Å². The van der Waals surface area contributed by atoms with Crippen molar-refractivity contribution in [2.45, 2.75) is 19.5 Å². The molecule has 134 valence electrons. The number of hydrogen-bond donors (Lipinski definition) is 1. The molecule has 0 radical (unpaired) electrons. The fraction of sp³-hybridized carbons (Fsp3) is 0.190. The summed E-state index contributed by atoms with van der Waals surface area (Å²) in [5.74, 6) is -0.628. The molecule has 0 spiro atoms. The molecule has 1 N–H and O–H groups in total. The van der Waals surface area contributed by atoms with Crippen LogP contribution >= 0.6 is 11.6 Å². The summed E-state index contributed by atoms with van der Waals surface area (Å²) >= 11 is 5.97. The van der Waals surface area contributed by atoms with Gasteiger partial charge in [-0.25, -0.2) is 4.39 Å². The second-order valence-electron chi connectivity index (χ2n) is 6.39. The third-order valence-electron chi connectivity index (χ3n) is 4.48. The van der Waals surface area contributed by atoms with Crippen molar-refractivity contribution in [3.05, 3.63) is 77.1 Å². The second kappa shape index (κ2) is 7.85. The molecule has 0 aliphatic rings. The predicted molar refractivity (Wildman–Crippen MR) is 105 cm³/mol. The minimum absolute atomic E-state index is 0.183. The van der Waals surface area contributed by atoms with Crippen molar-refractivity contribution >= 4 is 34.0 Å². The normalized spacial score (nSPS) is 12.3. The van der Waals surface area contributed by atoms with Gasteiger partial charge in [0.15, 0.2) is 0 Å². The molecule has 0 heterocycles. The van der Waals surface area contributed by atoms with E-state index in [-0.39, 0.29) is 17.0 Å². The Morgan fingerprint density at radius 3 is 2.58 bits per heavy atom. The molecule has 3 aromatic rings. The van der Waals surface area contributed by atoms with Gasteiger partial charge >= 0.3 is 0 Å². The summed E-state index contributed by atoms with van der Waals surface area (Å²) < 4.78 is 13.1. The van der Waals surface area contributed by atoms with Crippen LogP contribution in [0.2, 0.25) is 5.02 Å². The lowest BCUT2D eigenvalue weighted by Crippen LogP contribution is -2.39. The van der Waals surface area contributed by atoms with Crippen LogP contribution in [0.4, 0.5) is 10.1 Å². The van der Waals surface area contributed by atoms with Gasteiger partial charge in [-0.2, -0.15) is 0 Å². The molecule has 0 unspecified atom stereocenters. The van der Waals surface area contributed by atoms with E-state index in [1.165, 1.54) is 29.0 Å². The van der Waals surface area contributed by atoms with E-state index < -0.39 is 5.82 Å². The molecule has 3 rings (SSSR count). The molecule has 0 bridgehead atoms. The number of halogens is 2. The third kappa shape index (κ3) is 4.21. The van der Waals surface area contributed by atoms with E-state index in [1.807, 2.05) is 31.0 Å². The molecule has 0 saturated heterocycles. The number of likely N-dealkylation sites (N-methyl/N-ethyl adjacent to an activating group) is 1. The molecule has 0 aliphatic carbocycles. The van der Waals surface area contributed by atoms with E-state index in [2.05, 4.69) is 35.6 Å². The molecule has 1 atom stereocenters. The van der Waals surface area contributed by atoms with Gasteiger partial charge in [0.1, 0.15) is 5.82 Å². The zero-order chi connectivity index (χ0) is 18.7. The average molecular weight is 371 g/mol. The van der Waals surface area contributed by atoms with Gasteiger partial charge in [-0.3, -0.25) is 9.69 Å². The van der Waals surface area contributed by atoms with Gasteiger partial charge in [0.2, 0.25) is 5.91 Å². The molecule has 1 amide bonds. The fourth-order valence-corrected chi connectivity index (χ4v) is 3.00. The summed E-state index contributed by atoms with van der Waals surface area (Å²) in [6.07, 6.45) is 0. The number of hydrogen-bond acceptors (Lipinski definition) is 2. The van der Waals surface area contributed by atoms with Gasteiger partial charge in [0, 0.05) is 6.54 Å². The minimum Gasteiger partial charge on any atom is -0.323 e. The van der Waals surface area contributed by atoms with Crippen LogP contribution in [0.25, 0.3) is 10.8 Å². The standard InChI is InChI=1S/C21H20ClFN2O/c1-14(21(26)24-20-10-9-18(23)12-19(20)22)25(2)13-15-7-8-16-5-3-4-6-17(16)11-15/h3-12,14H,13H2,1-2H3,(H,24,26)/t14-/m0/s1. The largest absolute Gasteiger partial charge is 0.323 e. The lowest BCUT2D eigenvalue weighted by atomic mass is 10.1. The number of benzene rings is 3. The molecular weight excluding hydrogens is 351 g/mol. The van der Waals surface area contributed by atoms with Crippen molar-refractivity contribution in [2.75, 3.05) is 12.4 Å². The Bertz CT molecular complexity index is 944. The maximum absolute atomic E-state index is 13.1. The molecule has 0 fully saturated rings. The van der Waals surface area contributed by atoms with Crippen molar-refractivity contribution in [2.24, 2.45) is 0 Å². The Kier molecular flexibility index (Phi) is 5.55. The lowest BCUT2D eigenvalue weighted by Gasteiger charge is -2.24. The van der Waals surface area contributed by atoms with Crippen LogP contribution in [0, 0.1) is 5.82 Å². The lowest BCUT2D eigenvalue weighted by molar-refractivity contribution is -0.120. The fourth-order valence-electron chi connectivity index (χ4n) is 2.79. The first-order valence-electron chi connectivity index (χ1n) is 8.38. The summed E-state index contributed by atoms with van der Waals surface area (Å²) in [5, 5.41) is 5.30. The molecular formula is C21H20ClFN2O. The van der Waals surface area contributed by atoms with E-state index in [0.29, 0.717) is 12.2 Å². The van der Waals surface area contributed by atoms with Crippen LogP contribution in [0.15, 0.2) is 60.7 Å². The van der Waals surface area contributed by atoms with Gasteiger partial charge < -0.3 is 5.32 Å². The molecule has 5 heteroatoms. The summed E-state index contributed by atoms with van der Waals surface area (Å²) in [5.41, 5.74) is 1.54. The number of amides is 1. The van der Waals surface area contributed by atoms with Gasteiger partial charge in [0.05, 0.1) is 16.8 Å². The van der Waals surface area contributed by atoms with Gasteiger partial charge in [-0.1, -0.05) is 48.0 Å². The van der Waals surface area contributed by atoms with Crippen LogP contribution < -0.4 is 5.32 Å². The number of fused-ring (bicyclic) bond motifs is 1. The number of rotatable bonds is 5. The first-order chi connectivity index (χ1) is 12.4. The van der Waals surface area contributed by atoms with Crippen LogP contribution in [-0.4, -0.2) is 23.9 Å². The van der Waals surface area contributed by atoms with Crippen LogP contribution in [-0.2, 0) is 11.3 Å². The Hall–Kier alpha value is -2.43. The SMILES string of the molecule is C[C@@H](C(=O)Nc1ccc(F)cc1Cl)N(C)Cc1ccc2ccccc2c1. The summed E-state index contributed by atoms with van der Waals surface area (Å²) in [4.78, 5) is 14.4. The summed E-state index contributed by atoms with van der Waals surface area (Å²) in [6, 6.07) is 18.0. The van der Waals surface area contributed by atoms with E-state index >= 15 is 0 Å².